The Morgan fingerprint density at radius 2 is 1.83 bits per heavy atom. The number of piperazine rings is 1. The van der Waals surface area contributed by atoms with Crippen molar-refractivity contribution in [2.45, 2.75) is 19.9 Å². The van der Waals surface area contributed by atoms with Crippen LogP contribution in [0.2, 0.25) is 0 Å². The Balaban J connectivity index is 1.60. The van der Waals surface area contributed by atoms with Crippen LogP contribution in [0.25, 0.3) is 16.7 Å². The van der Waals surface area contributed by atoms with E-state index >= 15 is 0 Å². The highest BCUT2D eigenvalue weighted by molar-refractivity contribution is 5.97. The van der Waals surface area contributed by atoms with Crippen molar-refractivity contribution in [2.24, 2.45) is 0 Å². The van der Waals surface area contributed by atoms with Crippen LogP contribution in [-0.2, 0) is 13.0 Å². The van der Waals surface area contributed by atoms with Gasteiger partial charge in [0.2, 0.25) is 0 Å². The second-order valence-electron chi connectivity index (χ2n) is 8.97. The molecule has 1 N–H and O–H groups in total. The lowest BCUT2D eigenvalue weighted by Crippen LogP contribution is -2.49. The summed E-state index contributed by atoms with van der Waals surface area (Å²) in [7, 11) is 1.63. The molecule has 0 radical (unpaired) electrons. The summed E-state index contributed by atoms with van der Waals surface area (Å²) in [5.41, 5.74) is 2.03. The molecule has 3 aromatic heterocycles. The number of carbonyl (C=O) groups excluding carboxylic acids is 1. The van der Waals surface area contributed by atoms with Gasteiger partial charge < -0.3 is 19.1 Å². The van der Waals surface area contributed by atoms with Gasteiger partial charge in [0.25, 0.3) is 11.5 Å². The van der Waals surface area contributed by atoms with Crippen molar-refractivity contribution >= 4 is 22.6 Å². The van der Waals surface area contributed by atoms with Gasteiger partial charge in [-0.15, -0.1) is 0 Å². The highest BCUT2D eigenvalue weighted by Crippen LogP contribution is 2.15. The van der Waals surface area contributed by atoms with Crippen LogP contribution >= 0.6 is 0 Å². The lowest BCUT2D eigenvalue weighted by Gasteiger charge is -2.34. The number of amides is 1. The molecule has 0 aliphatic carbocycles. The minimum atomic E-state index is -0.251. The lowest BCUT2D eigenvalue weighted by molar-refractivity contribution is 0.0640. The minimum Gasteiger partial charge on any atom is -0.497 e. The highest BCUT2D eigenvalue weighted by atomic mass is 16.5. The Bertz CT molecular complexity index is 1530. The molecule has 1 saturated heterocycles. The van der Waals surface area contributed by atoms with E-state index in [0.717, 1.165) is 30.9 Å². The highest BCUT2D eigenvalue weighted by Gasteiger charge is 2.25. The van der Waals surface area contributed by atoms with Crippen molar-refractivity contribution in [1.29, 1.82) is 5.41 Å². The number of methoxy groups -OCH3 is 1. The summed E-state index contributed by atoms with van der Waals surface area (Å²) in [6, 6.07) is 14.7. The van der Waals surface area contributed by atoms with Crippen molar-refractivity contribution in [3.63, 3.8) is 0 Å². The first-order chi connectivity index (χ1) is 17.5. The standard InChI is InChI=1S/C27H30N6O3/c1-3-30-14-16-31(17-15-30)26(34)21-18-22-25(29-23-6-4-5-12-32(23)27(22)35)33(24(21)28)13-11-19-7-9-20(36-2)10-8-19/h4-10,12,18,28H,3,11,13-17H2,1-2H3. The number of aromatic nitrogens is 3. The maximum absolute atomic E-state index is 13.6. The first kappa shape index (κ1) is 23.7. The maximum Gasteiger partial charge on any atom is 0.267 e. The van der Waals surface area contributed by atoms with Crippen molar-refractivity contribution in [1.82, 2.24) is 23.8 Å². The van der Waals surface area contributed by atoms with Crippen LogP contribution in [0.4, 0.5) is 0 Å². The van der Waals surface area contributed by atoms with Crippen LogP contribution in [0.3, 0.4) is 0 Å². The zero-order chi connectivity index (χ0) is 25.2. The molecule has 1 aliphatic rings. The molecule has 0 unspecified atom stereocenters. The molecule has 4 aromatic rings. The third-order valence-electron chi connectivity index (χ3n) is 6.94. The van der Waals surface area contributed by atoms with Gasteiger partial charge in [0.15, 0.2) is 0 Å². The van der Waals surface area contributed by atoms with E-state index in [1.807, 2.05) is 30.3 Å². The van der Waals surface area contributed by atoms with E-state index in [4.69, 9.17) is 15.1 Å². The number of rotatable bonds is 6. The topological polar surface area (TPSA) is 95.9 Å². The van der Waals surface area contributed by atoms with E-state index in [9.17, 15) is 9.59 Å². The van der Waals surface area contributed by atoms with Gasteiger partial charge in [-0.2, -0.15) is 0 Å². The third kappa shape index (κ3) is 4.37. The Morgan fingerprint density at radius 1 is 1.08 bits per heavy atom. The van der Waals surface area contributed by atoms with Crippen LogP contribution in [0.1, 0.15) is 22.8 Å². The largest absolute Gasteiger partial charge is 0.497 e. The minimum absolute atomic E-state index is 0.0751. The molecule has 1 aliphatic heterocycles. The molecular weight excluding hydrogens is 456 g/mol. The smallest absolute Gasteiger partial charge is 0.267 e. The summed E-state index contributed by atoms with van der Waals surface area (Å²) >= 11 is 0. The molecule has 5 rings (SSSR count). The number of fused-ring (bicyclic) bond motifs is 2. The maximum atomic E-state index is 13.6. The van der Waals surface area contributed by atoms with Crippen molar-refractivity contribution in [3.8, 4) is 5.75 Å². The molecule has 0 bridgehead atoms. The normalized spacial score (nSPS) is 14.4. The number of hydrogen-bond donors (Lipinski definition) is 1. The predicted octanol–water partition coefficient (Wildman–Crippen LogP) is 2.16. The number of nitrogens with zero attached hydrogens (tertiary/aromatic N) is 5. The fraction of sp³-hybridized carbons (Fsp3) is 0.333. The van der Waals surface area contributed by atoms with Crippen molar-refractivity contribution < 1.29 is 9.53 Å². The summed E-state index contributed by atoms with van der Waals surface area (Å²) in [5, 5.41) is 9.33. The summed E-state index contributed by atoms with van der Waals surface area (Å²) in [4.78, 5) is 35.8. The van der Waals surface area contributed by atoms with E-state index in [-0.39, 0.29) is 22.5 Å². The first-order valence-corrected chi connectivity index (χ1v) is 12.2. The number of benzene rings is 1. The number of aryl methyl sites for hydroxylation is 2. The first-order valence-electron chi connectivity index (χ1n) is 12.2. The zero-order valence-corrected chi connectivity index (χ0v) is 20.6. The van der Waals surface area contributed by atoms with Crippen molar-refractivity contribution in [2.75, 3.05) is 39.8 Å². The van der Waals surface area contributed by atoms with Crippen LogP contribution in [0.5, 0.6) is 5.75 Å². The molecule has 0 saturated carbocycles. The fourth-order valence-electron chi connectivity index (χ4n) is 4.74. The molecule has 0 spiro atoms. The molecule has 4 heterocycles. The average molecular weight is 487 g/mol. The quantitative estimate of drug-likeness (QED) is 0.422. The fourth-order valence-corrected chi connectivity index (χ4v) is 4.74. The van der Waals surface area contributed by atoms with Crippen LogP contribution in [0.15, 0.2) is 59.5 Å². The Morgan fingerprint density at radius 3 is 2.53 bits per heavy atom. The SMILES string of the molecule is CCN1CCN(C(=O)c2cc3c(=O)n4ccccc4nc3n(CCc3ccc(OC)cc3)c2=N)CC1. The molecule has 0 atom stereocenters. The molecule has 186 valence electrons. The Labute approximate surface area is 208 Å². The van der Waals surface area contributed by atoms with Gasteiger partial charge in [-0.1, -0.05) is 25.1 Å². The summed E-state index contributed by atoms with van der Waals surface area (Å²) in [5.74, 6) is 0.559. The van der Waals surface area contributed by atoms with E-state index < -0.39 is 0 Å². The molecule has 9 heteroatoms. The van der Waals surface area contributed by atoms with E-state index in [2.05, 4.69) is 11.8 Å². The van der Waals surface area contributed by atoms with Crippen molar-refractivity contribution in [3.05, 3.63) is 81.7 Å². The van der Waals surface area contributed by atoms with Crippen LogP contribution in [-0.4, -0.2) is 69.5 Å². The number of hydrogen-bond acceptors (Lipinski definition) is 6. The van der Waals surface area contributed by atoms with Crippen LogP contribution < -0.4 is 15.8 Å². The molecule has 9 nitrogen and oxygen atoms in total. The molecule has 1 amide bonds. The van der Waals surface area contributed by atoms with Gasteiger partial charge in [0, 0.05) is 38.9 Å². The molecular formula is C27H30N6O3. The third-order valence-corrected chi connectivity index (χ3v) is 6.94. The summed E-state index contributed by atoms with van der Waals surface area (Å²) < 4.78 is 8.43. The van der Waals surface area contributed by atoms with Gasteiger partial charge >= 0.3 is 0 Å². The lowest BCUT2D eigenvalue weighted by atomic mass is 10.1. The summed E-state index contributed by atoms with van der Waals surface area (Å²) in [6.45, 7) is 6.27. The van der Waals surface area contributed by atoms with Gasteiger partial charge in [0.1, 0.15) is 22.5 Å². The van der Waals surface area contributed by atoms with E-state index in [1.54, 1.807) is 41.0 Å². The van der Waals surface area contributed by atoms with E-state index in [1.165, 1.54) is 4.40 Å². The Kier molecular flexibility index (Phi) is 6.56. The second-order valence-corrected chi connectivity index (χ2v) is 8.97. The number of likely N-dealkylation sites (N-methyl/N-ethyl adjacent to an activating group) is 1. The van der Waals surface area contributed by atoms with Crippen LogP contribution in [0, 0.1) is 5.41 Å². The average Bonchev–Trinajstić information content (AvgIpc) is 2.92. The van der Waals surface area contributed by atoms with E-state index in [0.29, 0.717) is 42.7 Å². The molecule has 36 heavy (non-hydrogen) atoms. The number of pyridine rings is 2. The molecule has 1 fully saturated rings. The monoisotopic (exact) mass is 486 g/mol. The van der Waals surface area contributed by atoms with Gasteiger partial charge in [-0.3, -0.25) is 19.4 Å². The number of nitrogens with one attached hydrogen (secondary N) is 1. The number of carbonyl (C=O) groups is 1. The Hall–Kier alpha value is -3.98. The predicted molar refractivity (Wildman–Crippen MR) is 138 cm³/mol. The van der Waals surface area contributed by atoms with Gasteiger partial charge in [0.05, 0.1) is 18.1 Å². The van der Waals surface area contributed by atoms with Gasteiger partial charge in [-0.25, -0.2) is 4.98 Å². The molecule has 1 aromatic carbocycles. The number of ether oxygens (including phenoxy) is 1. The zero-order valence-electron chi connectivity index (χ0n) is 20.6. The van der Waals surface area contributed by atoms with Gasteiger partial charge in [-0.05, 0) is 48.9 Å². The second kappa shape index (κ2) is 9.94. The summed E-state index contributed by atoms with van der Waals surface area (Å²) in [6.07, 6.45) is 2.28.